The summed E-state index contributed by atoms with van der Waals surface area (Å²) in [6.45, 7) is 1.50. The van der Waals surface area contributed by atoms with E-state index in [4.69, 9.17) is 9.47 Å². The number of hydrogen-bond acceptors (Lipinski definition) is 4. The molecular weight excluding hydrogens is 342 g/mol. The molecule has 138 valence electrons. The van der Waals surface area contributed by atoms with Crippen molar-refractivity contribution in [3.05, 3.63) is 77.6 Å². The van der Waals surface area contributed by atoms with Crippen molar-refractivity contribution in [3.63, 3.8) is 0 Å². The number of nitrogens with zero attached hydrogens (tertiary/aromatic N) is 2. The lowest BCUT2D eigenvalue weighted by Crippen LogP contribution is -2.23. The molecule has 1 amide bonds. The van der Waals surface area contributed by atoms with Gasteiger partial charge in [-0.15, -0.1) is 0 Å². The van der Waals surface area contributed by atoms with Crippen LogP contribution in [0.5, 0.6) is 11.5 Å². The third-order valence-corrected chi connectivity index (χ3v) is 4.46. The molecule has 4 rings (SSSR count). The largest absolute Gasteiger partial charge is 0.454 e. The van der Waals surface area contributed by atoms with Gasteiger partial charge in [0.25, 0.3) is 0 Å². The zero-order valence-electron chi connectivity index (χ0n) is 14.9. The fourth-order valence-electron chi connectivity index (χ4n) is 3.06. The topological polar surface area (TPSA) is 65.4 Å². The molecule has 1 aromatic heterocycles. The van der Waals surface area contributed by atoms with Gasteiger partial charge in [0, 0.05) is 25.4 Å². The van der Waals surface area contributed by atoms with Crippen LogP contribution in [0.4, 0.5) is 0 Å². The fraction of sp³-hybridized carbons (Fsp3) is 0.238. The molecule has 0 aliphatic carbocycles. The summed E-state index contributed by atoms with van der Waals surface area (Å²) in [6.07, 6.45) is 4.81. The van der Waals surface area contributed by atoms with Gasteiger partial charge < -0.3 is 14.8 Å². The van der Waals surface area contributed by atoms with Crippen molar-refractivity contribution in [3.8, 4) is 11.5 Å². The molecule has 0 saturated carbocycles. The summed E-state index contributed by atoms with van der Waals surface area (Å²) in [5.74, 6) is 1.55. The lowest BCUT2D eigenvalue weighted by Gasteiger charge is -2.08. The molecule has 0 atom stereocenters. The number of aryl methyl sites for hydroxylation is 1. The van der Waals surface area contributed by atoms with Gasteiger partial charge in [0.15, 0.2) is 11.5 Å². The number of rotatable bonds is 7. The van der Waals surface area contributed by atoms with E-state index < -0.39 is 0 Å². The highest BCUT2D eigenvalue weighted by Gasteiger charge is 2.13. The Morgan fingerprint density at radius 3 is 2.81 bits per heavy atom. The van der Waals surface area contributed by atoms with E-state index in [1.807, 2.05) is 47.3 Å². The summed E-state index contributed by atoms with van der Waals surface area (Å²) in [5.41, 5.74) is 3.30. The monoisotopic (exact) mass is 363 g/mol. The third kappa shape index (κ3) is 4.47. The van der Waals surface area contributed by atoms with E-state index in [1.54, 1.807) is 6.20 Å². The summed E-state index contributed by atoms with van der Waals surface area (Å²) < 4.78 is 12.6. The second-order valence-electron chi connectivity index (χ2n) is 6.49. The molecule has 6 heteroatoms. The van der Waals surface area contributed by atoms with Crippen LogP contribution in [0.2, 0.25) is 0 Å². The van der Waals surface area contributed by atoms with Crippen LogP contribution in [-0.4, -0.2) is 22.5 Å². The van der Waals surface area contributed by atoms with Crippen molar-refractivity contribution in [2.24, 2.45) is 0 Å². The van der Waals surface area contributed by atoms with Crippen LogP contribution < -0.4 is 14.8 Å². The van der Waals surface area contributed by atoms with Gasteiger partial charge in [0.05, 0.1) is 6.54 Å². The minimum atomic E-state index is 0.0325. The second kappa shape index (κ2) is 7.95. The molecular formula is C21H21N3O3. The number of carbonyl (C=O) groups excluding carboxylic acids is 1. The Morgan fingerprint density at radius 2 is 1.93 bits per heavy atom. The number of amides is 1. The first-order valence-electron chi connectivity index (χ1n) is 8.97. The average molecular weight is 363 g/mol. The minimum absolute atomic E-state index is 0.0325. The Bertz CT molecular complexity index is 922. The second-order valence-corrected chi connectivity index (χ2v) is 6.49. The van der Waals surface area contributed by atoms with E-state index in [0.29, 0.717) is 19.4 Å². The predicted octanol–water partition coefficient (Wildman–Crippen LogP) is 2.91. The van der Waals surface area contributed by atoms with E-state index in [0.717, 1.165) is 34.7 Å². The van der Waals surface area contributed by atoms with Crippen LogP contribution in [0, 0.1) is 0 Å². The molecule has 0 unspecified atom stereocenters. The first-order valence-corrected chi connectivity index (χ1v) is 8.97. The van der Waals surface area contributed by atoms with E-state index in [1.165, 1.54) is 0 Å². The Labute approximate surface area is 157 Å². The third-order valence-electron chi connectivity index (χ3n) is 4.46. The number of nitrogens with one attached hydrogen (secondary N) is 1. The molecule has 2 heterocycles. The minimum Gasteiger partial charge on any atom is -0.454 e. The van der Waals surface area contributed by atoms with Crippen LogP contribution in [0.15, 0.2) is 60.9 Å². The van der Waals surface area contributed by atoms with E-state index in [-0.39, 0.29) is 12.7 Å². The SMILES string of the molecule is O=C(CCc1ccc2c(c1)OCO2)NCc1cccc(Cn2cccn2)c1. The maximum absolute atomic E-state index is 12.2. The highest BCUT2D eigenvalue weighted by atomic mass is 16.7. The highest BCUT2D eigenvalue weighted by Crippen LogP contribution is 2.32. The standard InChI is InChI=1S/C21H21N3O3/c25-21(8-6-16-5-7-19-20(12-16)27-15-26-19)22-13-17-3-1-4-18(11-17)14-24-10-2-9-23-24/h1-5,7,9-12H,6,8,13-15H2,(H,22,25). The zero-order chi connectivity index (χ0) is 18.5. The molecule has 0 spiro atoms. The molecule has 6 nitrogen and oxygen atoms in total. The van der Waals surface area contributed by atoms with Crippen molar-refractivity contribution in [1.29, 1.82) is 0 Å². The molecule has 0 radical (unpaired) electrons. The number of benzene rings is 2. The van der Waals surface area contributed by atoms with Crippen LogP contribution >= 0.6 is 0 Å². The lowest BCUT2D eigenvalue weighted by atomic mass is 10.1. The van der Waals surface area contributed by atoms with Crippen LogP contribution in [0.1, 0.15) is 23.1 Å². The van der Waals surface area contributed by atoms with Crippen molar-refractivity contribution in [2.75, 3.05) is 6.79 Å². The summed E-state index contributed by atoms with van der Waals surface area (Å²) in [4.78, 5) is 12.2. The van der Waals surface area contributed by atoms with Crippen LogP contribution in [0.25, 0.3) is 0 Å². The van der Waals surface area contributed by atoms with Gasteiger partial charge in [-0.25, -0.2) is 0 Å². The lowest BCUT2D eigenvalue weighted by molar-refractivity contribution is -0.121. The zero-order valence-corrected chi connectivity index (χ0v) is 14.9. The van der Waals surface area contributed by atoms with Gasteiger partial charge in [0.1, 0.15) is 0 Å². The van der Waals surface area contributed by atoms with Crippen LogP contribution in [-0.2, 0) is 24.3 Å². The highest BCUT2D eigenvalue weighted by molar-refractivity contribution is 5.76. The van der Waals surface area contributed by atoms with Gasteiger partial charge in [0.2, 0.25) is 12.7 Å². The first-order chi connectivity index (χ1) is 13.3. The average Bonchev–Trinajstić information content (AvgIpc) is 3.36. The summed E-state index contributed by atoms with van der Waals surface area (Å²) >= 11 is 0. The van der Waals surface area contributed by atoms with E-state index in [9.17, 15) is 4.79 Å². The molecule has 1 aliphatic rings. The maximum Gasteiger partial charge on any atom is 0.231 e. The number of ether oxygens (including phenoxy) is 2. The van der Waals surface area contributed by atoms with Gasteiger partial charge in [-0.2, -0.15) is 5.10 Å². The molecule has 3 aromatic rings. The Kier molecular flexibility index (Phi) is 5.05. The van der Waals surface area contributed by atoms with Gasteiger partial charge in [-0.1, -0.05) is 30.3 Å². The van der Waals surface area contributed by atoms with Crippen molar-refractivity contribution < 1.29 is 14.3 Å². The van der Waals surface area contributed by atoms with Crippen molar-refractivity contribution in [2.45, 2.75) is 25.9 Å². The van der Waals surface area contributed by atoms with E-state index >= 15 is 0 Å². The normalized spacial score (nSPS) is 12.1. The van der Waals surface area contributed by atoms with Crippen LogP contribution in [0.3, 0.4) is 0 Å². The Morgan fingerprint density at radius 1 is 1.04 bits per heavy atom. The number of hydrogen-bond donors (Lipinski definition) is 1. The molecule has 1 N–H and O–H groups in total. The van der Waals surface area contributed by atoms with Gasteiger partial charge in [-0.05, 0) is 41.3 Å². The van der Waals surface area contributed by atoms with Crippen molar-refractivity contribution in [1.82, 2.24) is 15.1 Å². The molecule has 0 bridgehead atoms. The summed E-state index contributed by atoms with van der Waals surface area (Å²) in [7, 11) is 0. The Hall–Kier alpha value is -3.28. The van der Waals surface area contributed by atoms with Gasteiger partial charge in [-0.3, -0.25) is 9.48 Å². The van der Waals surface area contributed by atoms with Crippen molar-refractivity contribution >= 4 is 5.91 Å². The smallest absolute Gasteiger partial charge is 0.231 e. The predicted molar refractivity (Wildman–Crippen MR) is 101 cm³/mol. The maximum atomic E-state index is 12.2. The molecule has 0 fully saturated rings. The molecule has 27 heavy (non-hydrogen) atoms. The number of fused-ring (bicyclic) bond motifs is 1. The summed E-state index contributed by atoms with van der Waals surface area (Å²) in [6, 6.07) is 15.9. The first kappa shape index (κ1) is 17.1. The molecule has 1 aliphatic heterocycles. The fourth-order valence-corrected chi connectivity index (χ4v) is 3.06. The van der Waals surface area contributed by atoms with E-state index in [2.05, 4.69) is 22.5 Å². The molecule has 0 saturated heterocycles. The molecule has 2 aromatic carbocycles. The Balaban J connectivity index is 1.26. The number of aromatic nitrogens is 2. The summed E-state index contributed by atoms with van der Waals surface area (Å²) in [5, 5.41) is 7.21. The van der Waals surface area contributed by atoms with Gasteiger partial charge >= 0.3 is 0 Å². The number of carbonyl (C=O) groups is 1. The quantitative estimate of drug-likeness (QED) is 0.701.